The molecule has 0 N–H and O–H groups in total. The highest BCUT2D eigenvalue weighted by Crippen LogP contribution is 2.29. The van der Waals surface area contributed by atoms with Crippen LogP contribution in [0.25, 0.3) is 0 Å². The number of rotatable bonds is 5. The second-order valence-electron chi connectivity index (χ2n) is 5.03. The minimum atomic E-state index is -0.989. The van der Waals surface area contributed by atoms with E-state index in [9.17, 15) is 13.6 Å². The van der Waals surface area contributed by atoms with E-state index in [1.807, 2.05) is 5.38 Å². The fraction of sp³-hybridized carbons (Fsp3) is 0.333. The molecule has 0 atom stereocenters. The maximum Gasteiger partial charge on any atom is 0.254 e. The lowest BCUT2D eigenvalue weighted by atomic mass is 10.1. The number of hydrogen-bond acceptors (Lipinski definition) is 3. The molecule has 1 fully saturated rings. The molecule has 1 heterocycles. The molecule has 6 heteroatoms. The third-order valence-corrected chi connectivity index (χ3v) is 4.30. The average molecular weight is 308 g/mol. The molecule has 0 radical (unpaired) electrons. The summed E-state index contributed by atoms with van der Waals surface area (Å²) in [7, 11) is 0. The van der Waals surface area contributed by atoms with Crippen molar-refractivity contribution in [3.63, 3.8) is 0 Å². The highest BCUT2D eigenvalue weighted by molar-refractivity contribution is 7.09. The smallest absolute Gasteiger partial charge is 0.254 e. The Morgan fingerprint density at radius 3 is 2.76 bits per heavy atom. The topological polar surface area (TPSA) is 33.2 Å². The zero-order valence-electron chi connectivity index (χ0n) is 11.3. The van der Waals surface area contributed by atoms with Crippen LogP contribution in [0.5, 0.6) is 0 Å². The van der Waals surface area contributed by atoms with Crippen LogP contribution in [-0.2, 0) is 6.42 Å². The van der Waals surface area contributed by atoms with E-state index in [4.69, 9.17) is 0 Å². The molecule has 0 unspecified atom stereocenters. The second-order valence-corrected chi connectivity index (χ2v) is 6.01. The highest BCUT2D eigenvalue weighted by atomic mass is 32.1. The lowest BCUT2D eigenvalue weighted by Crippen LogP contribution is -2.35. The van der Waals surface area contributed by atoms with Crippen LogP contribution in [-0.4, -0.2) is 28.4 Å². The molecule has 3 rings (SSSR count). The van der Waals surface area contributed by atoms with Crippen molar-refractivity contribution in [3.8, 4) is 0 Å². The van der Waals surface area contributed by atoms with Crippen LogP contribution in [0, 0.1) is 11.6 Å². The van der Waals surface area contributed by atoms with Crippen molar-refractivity contribution in [2.24, 2.45) is 0 Å². The molecule has 1 aromatic carbocycles. The Hall–Kier alpha value is -1.82. The van der Waals surface area contributed by atoms with Gasteiger partial charge in [-0.1, -0.05) is 0 Å². The van der Waals surface area contributed by atoms with Gasteiger partial charge in [-0.15, -0.1) is 11.3 Å². The Labute approximate surface area is 125 Å². The zero-order valence-corrected chi connectivity index (χ0v) is 12.1. The summed E-state index contributed by atoms with van der Waals surface area (Å²) in [6.07, 6.45) is 4.35. The molecule has 0 aliphatic heterocycles. The number of nitrogens with zero attached hydrogens (tertiary/aromatic N) is 2. The maximum atomic E-state index is 13.3. The lowest BCUT2D eigenvalue weighted by Gasteiger charge is -2.22. The van der Waals surface area contributed by atoms with Crippen molar-refractivity contribution in [2.75, 3.05) is 6.54 Å². The molecule has 2 aromatic rings. The summed E-state index contributed by atoms with van der Waals surface area (Å²) in [5.74, 6) is -2.17. The van der Waals surface area contributed by atoms with Gasteiger partial charge in [-0.2, -0.15) is 0 Å². The van der Waals surface area contributed by atoms with Gasteiger partial charge >= 0.3 is 0 Å². The van der Waals surface area contributed by atoms with E-state index in [0.29, 0.717) is 13.0 Å². The maximum absolute atomic E-state index is 13.3. The van der Waals surface area contributed by atoms with Gasteiger partial charge in [-0.3, -0.25) is 4.79 Å². The van der Waals surface area contributed by atoms with Crippen LogP contribution in [0.4, 0.5) is 8.78 Å². The molecular formula is C15H14F2N2OS. The van der Waals surface area contributed by atoms with E-state index >= 15 is 0 Å². The Morgan fingerprint density at radius 2 is 2.14 bits per heavy atom. The van der Waals surface area contributed by atoms with Gasteiger partial charge in [0.1, 0.15) is 0 Å². The molecule has 1 aliphatic rings. The van der Waals surface area contributed by atoms with Gasteiger partial charge < -0.3 is 4.90 Å². The fourth-order valence-corrected chi connectivity index (χ4v) is 2.83. The first-order valence-corrected chi connectivity index (χ1v) is 7.67. The molecule has 3 nitrogen and oxygen atoms in total. The summed E-state index contributed by atoms with van der Waals surface area (Å²) in [6.45, 7) is 0.552. The first-order chi connectivity index (χ1) is 10.1. The van der Waals surface area contributed by atoms with Crippen LogP contribution in [0.1, 0.15) is 28.2 Å². The third-order valence-electron chi connectivity index (χ3n) is 3.47. The minimum Gasteiger partial charge on any atom is -0.335 e. The van der Waals surface area contributed by atoms with Crippen molar-refractivity contribution in [2.45, 2.75) is 25.3 Å². The van der Waals surface area contributed by atoms with Crippen LogP contribution in [0.3, 0.4) is 0 Å². The van der Waals surface area contributed by atoms with E-state index < -0.39 is 11.6 Å². The molecule has 0 bridgehead atoms. The largest absolute Gasteiger partial charge is 0.335 e. The number of carbonyl (C=O) groups excluding carboxylic acids is 1. The van der Waals surface area contributed by atoms with Gasteiger partial charge in [0.05, 0.1) is 5.01 Å². The summed E-state index contributed by atoms with van der Waals surface area (Å²) in [6, 6.07) is 3.51. The fourth-order valence-electron chi connectivity index (χ4n) is 2.22. The number of hydrogen-bond donors (Lipinski definition) is 0. The molecule has 1 aromatic heterocycles. The van der Waals surface area contributed by atoms with Gasteiger partial charge in [-0.05, 0) is 31.0 Å². The molecule has 1 amide bonds. The van der Waals surface area contributed by atoms with E-state index in [1.54, 1.807) is 22.4 Å². The molecular weight excluding hydrogens is 294 g/mol. The van der Waals surface area contributed by atoms with Gasteiger partial charge in [0, 0.05) is 36.1 Å². The lowest BCUT2D eigenvalue weighted by molar-refractivity contribution is 0.0744. The highest BCUT2D eigenvalue weighted by Gasteiger charge is 2.33. The Balaban J connectivity index is 1.73. The first kappa shape index (κ1) is 14.1. The van der Waals surface area contributed by atoms with Gasteiger partial charge in [-0.25, -0.2) is 13.8 Å². The molecule has 1 saturated carbocycles. The van der Waals surface area contributed by atoms with Gasteiger partial charge in [0.2, 0.25) is 0 Å². The van der Waals surface area contributed by atoms with Crippen molar-refractivity contribution in [1.29, 1.82) is 0 Å². The summed E-state index contributed by atoms with van der Waals surface area (Å²) in [5, 5.41) is 2.87. The van der Waals surface area contributed by atoms with Crippen LogP contribution in [0.2, 0.25) is 0 Å². The van der Waals surface area contributed by atoms with Crippen LogP contribution in [0.15, 0.2) is 29.8 Å². The SMILES string of the molecule is O=C(c1ccc(F)c(F)c1)N(CCc1nccs1)C1CC1. The van der Waals surface area contributed by atoms with Crippen molar-refractivity contribution in [3.05, 3.63) is 52.0 Å². The number of thiazole rings is 1. The van der Waals surface area contributed by atoms with E-state index in [2.05, 4.69) is 4.98 Å². The number of benzene rings is 1. The monoisotopic (exact) mass is 308 g/mol. The standard InChI is InChI=1S/C15H14F2N2OS/c16-12-4-1-10(9-13(12)17)15(20)19(11-2-3-11)7-5-14-18-6-8-21-14/h1,4,6,8-9,11H,2-3,5,7H2. The molecule has 1 aliphatic carbocycles. The predicted octanol–water partition coefficient (Wildman–Crippen LogP) is 3.27. The van der Waals surface area contributed by atoms with Crippen LogP contribution < -0.4 is 0 Å². The van der Waals surface area contributed by atoms with Crippen molar-refractivity contribution >= 4 is 17.2 Å². The minimum absolute atomic E-state index is 0.194. The number of halogens is 2. The van der Waals surface area contributed by atoms with Crippen molar-refractivity contribution in [1.82, 2.24) is 9.88 Å². The van der Waals surface area contributed by atoms with E-state index in [-0.39, 0.29) is 17.5 Å². The first-order valence-electron chi connectivity index (χ1n) is 6.79. The number of carbonyl (C=O) groups is 1. The quantitative estimate of drug-likeness (QED) is 0.849. The summed E-state index contributed by atoms with van der Waals surface area (Å²) < 4.78 is 26.2. The number of amides is 1. The zero-order chi connectivity index (χ0) is 14.8. The third kappa shape index (κ3) is 3.26. The number of aromatic nitrogens is 1. The molecule has 0 spiro atoms. The van der Waals surface area contributed by atoms with E-state index in [1.165, 1.54) is 6.07 Å². The molecule has 21 heavy (non-hydrogen) atoms. The Kier molecular flexibility index (Phi) is 3.96. The van der Waals surface area contributed by atoms with E-state index in [0.717, 1.165) is 30.0 Å². The second kappa shape index (κ2) is 5.89. The summed E-state index contributed by atoms with van der Waals surface area (Å²) in [4.78, 5) is 18.4. The Morgan fingerprint density at radius 1 is 1.33 bits per heavy atom. The molecule has 0 saturated heterocycles. The van der Waals surface area contributed by atoms with Gasteiger partial charge in [0.15, 0.2) is 11.6 Å². The average Bonchev–Trinajstić information content (AvgIpc) is 3.17. The predicted molar refractivity (Wildman–Crippen MR) is 76.2 cm³/mol. The van der Waals surface area contributed by atoms with Crippen molar-refractivity contribution < 1.29 is 13.6 Å². The molecule has 110 valence electrons. The summed E-state index contributed by atoms with van der Waals surface area (Å²) in [5.41, 5.74) is 0.194. The Bertz CT molecular complexity index is 641. The normalized spacial score (nSPS) is 14.2. The van der Waals surface area contributed by atoms with Crippen LogP contribution >= 0.6 is 11.3 Å². The van der Waals surface area contributed by atoms with Gasteiger partial charge in [0.25, 0.3) is 5.91 Å². The summed E-state index contributed by atoms with van der Waals surface area (Å²) >= 11 is 1.55.